The third kappa shape index (κ3) is 5.04. The molecule has 0 atom stereocenters. The zero-order chi connectivity index (χ0) is 20.2. The van der Waals surface area contributed by atoms with Crippen molar-refractivity contribution in [2.45, 2.75) is 54.5 Å². The minimum Gasteiger partial charge on any atom is -0.357 e. The predicted molar refractivity (Wildman–Crippen MR) is 120 cm³/mol. The highest BCUT2D eigenvalue weighted by atomic mass is 32.2. The van der Waals surface area contributed by atoms with Crippen molar-refractivity contribution in [3.8, 4) is 0 Å². The van der Waals surface area contributed by atoms with Gasteiger partial charge in [0.05, 0.1) is 6.54 Å². The van der Waals surface area contributed by atoms with Crippen LogP contribution in [-0.2, 0) is 16.6 Å². The van der Waals surface area contributed by atoms with Gasteiger partial charge in [-0.3, -0.25) is 0 Å². The second kappa shape index (κ2) is 9.36. The van der Waals surface area contributed by atoms with E-state index in [4.69, 9.17) is 4.99 Å². The van der Waals surface area contributed by atoms with E-state index in [0.29, 0.717) is 15.5 Å². The summed E-state index contributed by atoms with van der Waals surface area (Å²) in [6.07, 6.45) is 6.67. The fourth-order valence-corrected chi connectivity index (χ4v) is 7.88. The van der Waals surface area contributed by atoms with Crippen molar-refractivity contribution in [1.29, 1.82) is 0 Å². The third-order valence-electron chi connectivity index (χ3n) is 5.40. The first-order chi connectivity index (χ1) is 13.4. The van der Waals surface area contributed by atoms with Crippen molar-refractivity contribution >= 4 is 39.1 Å². The Labute approximate surface area is 177 Å². The van der Waals surface area contributed by atoms with Gasteiger partial charge in [-0.15, -0.1) is 11.3 Å². The highest BCUT2D eigenvalue weighted by Crippen LogP contribution is 2.42. The van der Waals surface area contributed by atoms with Crippen LogP contribution in [0.3, 0.4) is 0 Å². The predicted octanol–water partition coefficient (Wildman–Crippen LogP) is 3.22. The number of nitrogens with one attached hydrogen (secondary N) is 1. The zero-order valence-corrected chi connectivity index (χ0v) is 19.6. The fourth-order valence-electron chi connectivity index (χ4n) is 3.86. The van der Waals surface area contributed by atoms with Crippen LogP contribution in [0.15, 0.2) is 21.3 Å². The SMILES string of the molecule is CCNC(=NCc1ccc(S(=O)(=O)N(C)C)s1)N1CCSC2(CCCCC2)C1. The topological polar surface area (TPSA) is 65.0 Å². The Bertz CT molecular complexity index is 777. The average molecular weight is 445 g/mol. The van der Waals surface area contributed by atoms with Gasteiger partial charge in [0.15, 0.2) is 5.96 Å². The Hall–Kier alpha value is -0.770. The molecule has 3 rings (SSSR count). The summed E-state index contributed by atoms with van der Waals surface area (Å²) in [5.74, 6) is 2.10. The number of aliphatic imine (C=N–C) groups is 1. The van der Waals surface area contributed by atoms with Gasteiger partial charge in [0.1, 0.15) is 4.21 Å². The lowest BCUT2D eigenvalue weighted by Gasteiger charge is -2.45. The van der Waals surface area contributed by atoms with Crippen LogP contribution >= 0.6 is 23.1 Å². The van der Waals surface area contributed by atoms with Gasteiger partial charge in [-0.2, -0.15) is 11.8 Å². The molecule has 2 fully saturated rings. The molecule has 0 unspecified atom stereocenters. The quantitative estimate of drug-likeness (QED) is 0.558. The Morgan fingerprint density at radius 1 is 1.29 bits per heavy atom. The standard InChI is InChI=1S/C19H32N4O2S3/c1-4-20-18(23-12-13-26-19(15-23)10-6-5-7-11-19)21-14-16-8-9-17(27-16)28(24,25)22(2)3/h8-9H,4-7,10-15H2,1-3H3,(H,20,21). The first-order valence-corrected chi connectivity index (χ1v) is 13.3. The van der Waals surface area contributed by atoms with Crippen molar-refractivity contribution in [3.05, 3.63) is 17.0 Å². The largest absolute Gasteiger partial charge is 0.357 e. The van der Waals surface area contributed by atoms with Crippen LogP contribution in [0.4, 0.5) is 0 Å². The first kappa shape index (κ1) is 21.9. The Kier molecular flexibility index (Phi) is 7.33. The average Bonchev–Trinajstić information content (AvgIpc) is 3.15. The second-order valence-corrected chi connectivity index (χ2v) is 12.8. The van der Waals surface area contributed by atoms with Crippen LogP contribution in [0.2, 0.25) is 0 Å². The van der Waals surface area contributed by atoms with Crippen molar-refractivity contribution < 1.29 is 8.42 Å². The van der Waals surface area contributed by atoms with Gasteiger partial charge in [-0.1, -0.05) is 19.3 Å². The van der Waals surface area contributed by atoms with Crippen molar-refractivity contribution in [1.82, 2.24) is 14.5 Å². The molecule has 1 saturated carbocycles. The number of hydrogen-bond acceptors (Lipinski definition) is 5. The van der Waals surface area contributed by atoms with E-state index in [0.717, 1.165) is 36.2 Å². The van der Waals surface area contributed by atoms with Crippen LogP contribution in [0.5, 0.6) is 0 Å². The summed E-state index contributed by atoms with van der Waals surface area (Å²) in [6.45, 7) is 5.52. The van der Waals surface area contributed by atoms with E-state index in [1.54, 1.807) is 20.2 Å². The molecule has 1 saturated heterocycles. The highest BCUT2D eigenvalue weighted by Gasteiger charge is 2.38. The van der Waals surface area contributed by atoms with E-state index in [1.807, 2.05) is 6.07 Å². The van der Waals surface area contributed by atoms with Crippen molar-refractivity contribution in [3.63, 3.8) is 0 Å². The molecule has 1 aliphatic carbocycles. The van der Waals surface area contributed by atoms with Gasteiger partial charge in [0.25, 0.3) is 10.0 Å². The Morgan fingerprint density at radius 3 is 2.71 bits per heavy atom. The molecule has 0 radical (unpaired) electrons. The van der Waals surface area contributed by atoms with Gasteiger partial charge < -0.3 is 10.2 Å². The lowest BCUT2D eigenvalue weighted by Crippen LogP contribution is -2.53. The van der Waals surface area contributed by atoms with Crippen molar-refractivity contribution in [2.24, 2.45) is 4.99 Å². The van der Waals surface area contributed by atoms with Gasteiger partial charge in [-0.05, 0) is 31.9 Å². The number of thiophene rings is 1. The molecule has 1 aromatic heterocycles. The Morgan fingerprint density at radius 2 is 2.04 bits per heavy atom. The molecule has 2 aliphatic rings. The van der Waals surface area contributed by atoms with Crippen LogP contribution in [0, 0.1) is 0 Å². The maximum atomic E-state index is 12.3. The summed E-state index contributed by atoms with van der Waals surface area (Å²) in [6, 6.07) is 3.56. The van der Waals surface area contributed by atoms with E-state index < -0.39 is 10.0 Å². The zero-order valence-electron chi connectivity index (χ0n) is 17.1. The maximum absolute atomic E-state index is 12.3. The molecule has 9 heteroatoms. The summed E-state index contributed by atoms with van der Waals surface area (Å²) in [5, 5.41) is 3.44. The molecule has 1 N–H and O–H groups in total. The molecule has 1 aromatic rings. The van der Waals surface area contributed by atoms with Gasteiger partial charge >= 0.3 is 0 Å². The molecule has 6 nitrogen and oxygen atoms in total. The van der Waals surface area contributed by atoms with E-state index in [-0.39, 0.29) is 0 Å². The highest BCUT2D eigenvalue weighted by molar-refractivity contribution is 8.00. The Balaban J connectivity index is 1.72. The fraction of sp³-hybridized carbons (Fsp3) is 0.737. The van der Waals surface area contributed by atoms with Crippen molar-refractivity contribution in [2.75, 3.05) is 39.5 Å². The lowest BCUT2D eigenvalue weighted by atomic mass is 9.87. The van der Waals surface area contributed by atoms with E-state index >= 15 is 0 Å². The number of guanidine groups is 1. The van der Waals surface area contributed by atoms with Gasteiger partial charge in [0.2, 0.25) is 0 Å². The molecular formula is C19H32N4O2S3. The molecule has 158 valence electrons. The summed E-state index contributed by atoms with van der Waals surface area (Å²) in [7, 11) is -0.247. The summed E-state index contributed by atoms with van der Waals surface area (Å²) < 4.78 is 26.6. The minimum absolute atomic E-state index is 0.378. The lowest BCUT2D eigenvalue weighted by molar-refractivity contribution is 0.293. The molecular weight excluding hydrogens is 412 g/mol. The molecule has 2 heterocycles. The molecule has 0 bridgehead atoms. The number of rotatable bonds is 5. The van der Waals surface area contributed by atoms with Gasteiger partial charge in [-0.25, -0.2) is 17.7 Å². The molecule has 28 heavy (non-hydrogen) atoms. The van der Waals surface area contributed by atoms with Crippen LogP contribution in [0.25, 0.3) is 0 Å². The van der Waals surface area contributed by atoms with E-state index in [2.05, 4.69) is 28.9 Å². The third-order valence-corrected chi connectivity index (χ3v) is 10.3. The molecule has 1 spiro atoms. The molecule has 0 amide bonds. The van der Waals surface area contributed by atoms with Crippen LogP contribution in [-0.4, -0.2) is 67.8 Å². The van der Waals surface area contributed by atoms with Gasteiger partial charge in [0, 0.05) is 49.1 Å². The molecule has 0 aromatic carbocycles. The van der Waals surface area contributed by atoms with E-state index in [1.165, 1.54) is 47.7 Å². The number of sulfonamides is 1. The monoisotopic (exact) mass is 444 g/mol. The number of nitrogens with zero attached hydrogens (tertiary/aromatic N) is 3. The summed E-state index contributed by atoms with van der Waals surface area (Å²) >= 11 is 3.46. The first-order valence-electron chi connectivity index (χ1n) is 10.0. The van der Waals surface area contributed by atoms with E-state index in [9.17, 15) is 8.42 Å². The minimum atomic E-state index is -3.37. The molecule has 1 aliphatic heterocycles. The number of thioether (sulfide) groups is 1. The maximum Gasteiger partial charge on any atom is 0.252 e. The normalized spacial score (nSPS) is 20.7. The summed E-state index contributed by atoms with van der Waals surface area (Å²) in [4.78, 5) is 8.23. The summed E-state index contributed by atoms with van der Waals surface area (Å²) in [5.41, 5.74) is 0. The van der Waals surface area contributed by atoms with Crippen LogP contribution < -0.4 is 5.32 Å². The smallest absolute Gasteiger partial charge is 0.252 e. The second-order valence-electron chi connectivity index (χ2n) is 7.69. The van der Waals surface area contributed by atoms with Crippen LogP contribution in [0.1, 0.15) is 43.9 Å². The number of hydrogen-bond donors (Lipinski definition) is 1.